The molecule has 5 aromatic rings. The number of carbonyl (C=O) groups excluding carboxylic acids is 2. The van der Waals surface area contributed by atoms with E-state index in [1.54, 1.807) is 24.7 Å². The van der Waals surface area contributed by atoms with Crippen LogP contribution in [-0.4, -0.2) is 32.8 Å². The molecule has 7 heteroatoms. The maximum absolute atomic E-state index is 13.8. The smallest absolute Gasteiger partial charge is 0.248 e. The fourth-order valence-corrected chi connectivity index (χ4v) is 4.41. The van der Waals surface area contributed by atoms with Crippen molar-refractivity contribution in [1.82, 2.24) is 19.9 Å². The van der Waals surface area contributed by atoms with Crippen LogP contribution in [0.1, 0.15) is 37.9 Å². The molecule has 2 aromatic heterocycles. The molecule has 0 fully saturated rings. The maximum atomic E-state index is 13.8. The van der Waals surface area contributed by atoms with Crippen LogP contribution in [0.15, 0.2) is 91.5 Å². The lowest BCUT2D eigenvalue weighted by Crippen LogP contribution is -2.30. The summed E-state index contributed by atoms with van der Waals surface area (Å²) in [5, 5.41) is 4.33. The second kappa shape index (κ2) is 10.0. The van der Waals surface area contributed by atoms with Gasteiger partial charge < -0.3 is 20.6 Å². The molecule has 4 N–H and O–H groups in total. The number of aromatic amines is 1. The average Bonchev–Trinajstić information content (AvgIpc) is 3.53. The van der Waals surface area contributed by atoms with Gasteiger partial charge in [0.25, 0.3) is 0 Å². The molecule has 0 saturated heterocycles. The first-order valence-corrected chi connectivity index (χ1v) is 11.8. The largest absolute Gasteiger partial charge is 0.366 e. The van der Waals surface area contributed by atoms with Gasteiger partial charge in [0.2, 0.25) is 5.91 Å². The third kappa shape index (κ3) is 4.82. The van der Waals surface area contributed by atoms with Gasteiger partial charge in [-0.15, -0.1) is 0 Å². The number of amides is 1. The minimum Gasteiger partial charge on any atom is -0.366 e. The first kappa shape index (κ1) is 23.3. The van der Waals surface area contributed by atoms with Crippen LogP contribution in [0.5, 0.6) is 0 Å². The number of nitrogens with two attached hydrogens (primary N) is 1. The van der Waals surface area contributed by atoms with Gasteiger partial charge >= 0.3 is 0 Å². The van der Waals surface area contributed by atoms with Crippen LogP contribution < -0.4 is 11.1 Å². The van der Waals surface area contributed by atoms with E-state index in [1.807, 2.05) is 78.5 Å². The van der Waals surface area contributed by atoms with Gasteiger partial charge in [-0.05, 0) is 35.7 Å². The maximum Gasteiger partial charge on any atom is 0.248 e. The molecular formula is C29H27N5O2. The summed E-state index contributed by atoms with van der Waals surface area (Å²) in [7, 11) is 1.94. The first-order valence-electron chi connectivity index (χ1n) is 11.8. The molecular weight excluding hydrogens is 450 g/mol. The number of Topliss-reactive ketones (excluding diaryl/α,β-unsaturated/α-hetero) is 1. The lowest BCUT2D eigenvalue weighted by Gasteiger charge is -2.18. The van der Waals surface area contributed by atoms with Crippen molar-refractivity contribution in [3.8, 4) is 11.3 Å². The zero-order valence-corrected chi connectivity index (χ0v) is 19.9. The summed E-state index contributed by atoms with van der Waals surface area (Å²) in [4.78, 5) is 32.8. The fraction of sp³-hybridized carbons (Fsp3) is 0.138. The Morgan fingerprint density at radius 2 is 1.83 bits per heavy atom. The Hall–Kier alpha value is -4.49. The lowest BCUT2D eigenvalue weighted by atomic mass is 9.96. The number of carbonyl (C=O) groups is 2. The topological polar surface area (TPSA) is 106 Å². The van der Waals surface area contributed by atoms with Gasteiger partial charge in [-0.25, -0.2) is 4.98 Å². The molecule has 0 unspecified atom stereocenters. The van der Waals surface area contributed by atoms with Crippen LogP contribution in [0.4, 0.5) is 0 Å². The minimum absolute atomic E-state index is 0.00196. The third-order valence-corrected chi connectivity index (χ3v) is 6.34. The van der Waals surface area contributed by atoms with Crippen LogP contribution in [0.2, 0.25) is 0 Å². The molecule has 7 nitrogen and oxygen atoms in total. The molecule has 0 aliphatic rings. The van der Waals surface area contributed by atoms with Gasteiger partial charge in [0.1, 0.15) is 0 Å². The molecule has 0 saturated carbocycles. The Morgan fingerprint density at radius 3 is 2.53 bits per heavy atom. The van der Waals surface area contributed by atoms with Crippen molar-refractivity contribution < 1.29 is 9.59 Å². The predicted molar refractivity (Wildman–Crippen MR) is 141 cm³/mol. The van der Waals surface area contributed by atoms with E-state index in [0.717, 1.165) is 33.3 Å². The van der Waals surface area contributed by atoms with Crippen molar-refractivity contribution in [2.45, 2.75) is 12.5 Å². The van der Waals surface area contributed by atoms with E-state index in [4.69, 9.17) is 5.73 Å². The standard InChI is InChI=1S/C29H27N5O2/c1-34-17-26(33-18-34)22-11-12-23-24(16-32-25(23)15-22)28(35)27(20-5-3-2-4-6-20)31-14-13-19-7-9-21(10-8-19)29(30)36/h2-12,15-18,27,31-32H,13-14H2,1H3,(H2,30,36)/t27-/m0/s1. The monoisotopic (exact) mass is 477 g/mol. The van der Waals surface area contributed by atoms with Gasteiger partial charge in [0, 0.05) is 53.6 Å². The highest BCUT2D eigenvalue weighted by atomic mass is 16.1. The quantitative estimate of drug-likeness (QED) is 0.273. The SMILES string of the molecule is Cn1cnc(-c2ccc3c(C(=O)[C@@H](NCCc4ccc(C(N)=O)cc4)c4ccccc4)c[nH]c3c2)c1. The molecule has 5 rings (SSSR count). The predicted octanol–water partition coefficient (Wildman–Crippen LogP) is 4.42. The third-order valence-electron chi connectivity index (χ3n) is 6.34. The molecule has 0 bridgehead atoms. The summed E-state index contributed by atoms with van der Waals surface area (Å²) >= 11 is 0. The van der Waals surface area contributed by atoms with E-state index >= 15 is 0 Å². The highest BCUT2D eigenvalue weighted by Gasteiger charge is 2.24. The molecule has 1 atom stereocenters. The summed E-state index contributed by atoms with van der Waals surface area (Å²) in [6.45, 7) is 0.591. The molecule has 180 valence electrons. The Kier molecular flexibility index (Phi) is 6.47. The normalized spacial score (nSPS) is 12.0. The lowest BCUT2D eigenvalue weighted by molar-refractivity contribution is 0.0943. The van der Waals surface area contributed by atoms with Gasteiger partial charge in [-0.2, -0.15) is 0 Å². The number of fused-ring (bicyclic) bond motifs is 1. The summed E-state index contributed by atoms with van der Waals surface area (Å²) in [5.74, 6) is -0.442. The summed E-state index contributed by atoms with van der Waals surface area (Å²) in [5.41, 5.74) is 11.2. The van der Waals surface area contributed by atoms with Gasteiger partial charge in [-0.3, -0.25) is 9.59 Å². The molecule has 0 aliphatic carbocycles. The summed E-state index contributed by atoms with van der Waals surface area (Å²) < 4.78 is 1.91. The molecule has 3 aromatic carbocycles. The number of hydrogen-bond donors (Lipinski definition) is 3. The molecule has 2 heterocycles. The van der Waals surface area contributed by atoms with Crippen LogP contribution in [0, 0.1) is 0 Å². The average molecular weight is 478 g/mol. The van der Waals surface area contributed by atoms with E-state index in [2.05, 4.69) is 15.3 Å². The summed E-state index contributed by atoms with van der Waals surface area (Å²) in [6.07, 6.45) is 6.23. The van der Waals surface area contributed by atoms with E-state index in [0.29, 0.717) is 24.1 Å². The summed E-state index contributed by atoms with van der Waals surface area (Å²) in [6, 6.07) is 22.5. The number of imidazole rings is 1. The Morgan fingerprint density at radius 1 is 1.06 bits per heavy atom. The number of nitrogens with zero attached hydrogens (tertiary/aromatic N) is 2. The van der Waals surface area contributed by atoms with E-state index in [1.165, 1.54) is 0 Å². The Balaban J connectivity index is 1.37. The van der Waals surface area contributed by atoms with Crippen LogP contribution >= 0.6 is 0 Å². The van der Waals surface area contributed by atoms with E-state index in [-0.39, 0.29) is 5.78 Å². The van der Waals surface area contributed by atoms with Crippen molar-refractivity contribution in [1.29, 1.82) is 0 Å². The van der Waals surface area contributed by atoms with Crippen molar-refractivity contribution in [2.75, 3.05) is 6.54 Å². The van der Waals surface area contributed by atoms with Crippen molar-refractivity contribution >= 4 is 22.6 Å². The molecule has 0 aliphatic heterocycles. The fourth-order valence-electron chi connectivity index (χ4n) is 4.41. The zero-order chi connectivity index (χ0) is 25.1. The number of primary amides is 1. The van der Waals surface area contributed by atoms with Crippen LogP contribution in [0.25, 0.3) is 22.2 Å². The molecule has 0 spiro atoms. The van der Waals surface area contributed by atoms with Crippen molar-refractivity contribution in [2.24, 2.45) is 12.8 Å². The second-order valence-electron chi connectivity index (χ2n) is 8.86. The number of benzene rings is 3. The first-order chi connectivity index (χ1) is 17.5. The van der Waals surface area contributed by atoms with Crippen LogP contribution in [0.3, 0.4) is 0 Å². The van der Waals surface area contributed by atoms with Gasteiger partial charge in [-0.1, -0.05) is 54.6 Å². The number of rotatable bonds is 9. The number of aromatic nitrogens is 3. The Labute approximate surface area is 209 Å². The van der Waals surface area contributed by atoms with Gasteiger partial charge in [0.05, 0.1) is 18.1 Å². The highest BCUT2D eigenvalue weighted by molar-refractivity contribution is 6.11. The van der Waals surface area contributed by atoms with Crippen LogP contribution in [-0.2, 0) is 13.5 Å². The number of ketones is 1. The van der Waals surface area contributed by atoms with Crippen molar-refractivity contribution in [3.05, 3.63) is 114 Å². The Bertz CT molecular complexity index is 1520. The van der Waals surface area contributed by atoms with E-state index < -0.39 is 11.9 Å². The minimum atomic E-state index is -0.495. The number of nitrogens with one attached hydrogen (secondary N) is 2. The van der Waals surface area contributed by atoms with Crippen molar-refractivity contribution in [3.63, 3.8) is 0 Å². The molecule has 1 amide bonds. The zero-order valence-electron chi connectivity index (χ0n) is 19.9. The highest BCUT2D eigenvalue weighted by Crippen LogP contribution is 2.28. The number of hydrogen-bond acceptors (Lipinski definition) is 4. The van der Waals surface area contributed by atoms with E-state index in [9.17, 15) is 9.59 Å². The number of aryl methyl sites for hydroxylation is 1. The van der Waals surface area contributed by atoms with Gasteiger partial charge in [0.15, 0.2) is 5.78 Å². The molecule has 0 radical (unpaired) electrons. The molecule has 36 heavy (non-hydrogen) atoms. The number of H-pyrrole nitrogens is 1. The second-order valence-corrected chi connectivity index (χ2v) is 8.86.